The van der Waals surface area contributed by atoms with E-state index in [-0.39, 0.29) is 12.5 Å². The van der Waals surface area contributed by atoms with Gasteiger partial charge in [-0.15, -0.1) is 0 Å². The van der Waals surface area contributed by atoms with Crippen LogP contribution in [0, 0.1) is 0 Å². The molecular weight excluding hydrogens is 234 g/mol. The Labute approximate surface area is 106 Å². The number of likely N-dealkylation sites (N-methyl/N-ethyl adjacent to an activating group) is 1. The van der Waals surface area contributed by atoms with Crippen LogP contribution in [0.15, 0.2) is 18.2 Å². The molecule has 0 saturated carbocycles. The Morgan fingerprint density at radius 3 is 2.61 bits per heavy atom. The van der Waals surface area contributed by atoms with E-state index in [4.69, 9.17) is 5.73 Å². The summed E-state index contributed by atoms with van der Waals surface area (Å²) in [5.74, 6) is -0.674. The summed E-state index contributed by atoms with van der Waals surface area (Å²) in [6.07, 6.45) is 0. The predicted molar refractivity (Wildman–Crippen MR) is 69.4 cm³/mol. The molecule has 1 aromatic rings. The molecule has 0 atom stereocenters. The Kier molecular flexibility index (Phi) is 4.67. The second kappa shape index (κ2) is 6.02. The average molecular weight is 251 g/mol. The smallest absolute Gasteiger partial charge is 0.337 e. The molecule has 0 aromatic heterocycles. The lowest BCUT2D eigenvalue weighted by Crippen LogP contribution is -2.27. The van der Waals surface area contributed by atoms with Gasteiger partial charge in [-0.05, 0) is 32.3 Å². The molecule has 0 aliphatic rings. The molecule has 0 bridgehead atoms. The van der Waals surface area contributed by atoms with Crippen LogP contribution >= 0.6 is 0 Å². The maximum atomic E-state index is 11.6. The van der Waals surface area contributed by atoms with E-state index >= 15 is 0 Å². The molecule has 0 radical (unpaired) electrons. The number of benzene rings is 1. The fourth-order valence-corrected chi connectivity index (χ4v) is 1.39. The molecule has 0 fully saturated rings. The number of hydrogen-bond donors (Lipinski definition) is 2. The number of nitrogen functional groups attached to an aromatic ring is 1. The van der Waals surface area contributed by atoms with Gasteiger partial charge in [-0.1, -0.05) is 0 Å². The van der Waals surface area contributed by atoms with Gasteiger partial charge in [0.05, 0.1) is 30.6 Å². The fraction of sp³-hybridized carbons (Fsp3) is 0.333. The molecule has 0 heterocycles. The van der Waals surface area contributed by atoms with Crippen LogP contribution in [-0.2, 0) is 9.53 Å². The number of carbonyl (C=O) groups excluding carboxylic acids is 2. The molecule has 3 N–H and O–H groups in total. The van der Waals surface area contributed by atoms with Crippen LogP contribution in [-0.4, -0.2) is 44.5 Å². The average Bonchev–Trinajstić information content (AvgIpc) is 2.30. The number of esters is 1. The number of methoxy groups -OCH3 is 1. The van der Waals surface area contributed by atoms with Gasteiger partial charge >= 0.3 is 5.97 Å². The first-order valence-electron chi connectivity index (χ1n) is 5.36. The zero-order valence-electron chi connectivity index (χ0n) is 10.7. The Morgan fingerprint density at radius 1 is 1.39 bits per heavy atom. The quantitative estimate of drug-likeness (QED) is 0.603. The summed E-state index contributed by atoms with van der Waals surface area (Å²) in [5, 5.41) is 2.65. The van der Waals surface area contributed by atoms with Gasteiger partial charge in [0.15, 0.2) is 0 Å². The first kappa shape index (κ1) is 14.0. The summed E-state index contributed by atoms with van der Waals surface area (Å²) in [6, 6.07) is 4.59. The second-order valence-electron chi connectivity index (χ2n) is 4.08. The Hall–Kier alpha value is -2.08. The minimum Gasteiger partial charge on any atom is -0.465 e. The number of nitrogens with one attached hydrogen (secondary N) is 1. The third kappa shape index (κ3) is 3.74. The van der Waals surface area contributed by atoms with Crippen molar-refractivity contribution < 1.29 is 14.3 Å². The van der Waals surface area contributed by atoms with Crippen molar-refractivity contribution in [1.82, 2.24) is 4.90 Å². The number of hydrogen-bond acceptors (Lipinski definition) is 5. The highest BCUT2D eigenvalue weighted by Crippen LogP contribution is 2.20. The zero-order chi connectivity index (χ0) is 13.7. The van der Waals surface area contributed by atoms with Crippen LogP contribution in [0.2, 0.25) is 0 Å². The number of amides is 1. The number of nitrogens with two attached hydrogens (primary N) is 1. The van der Waals surface area contributed by atoms with Crippen LogP contribution in [0.5, 0.6) is 0 Å². The highest BCUT2D eigenvalue weighted by Gasteiger charge is 2.11. The van der Waals surface area contributed by atoms with Gasteiger partial charge in [-0.3, -0.25) is 4.79 Å². The van der Waals surface area contributed by atoms with E-state index in [2.05, 4.69) is 10.1 Å². The molecular formula is C12H17N3O3. The molecule has 0 aliphatic carbocycles. The molecule has 1 amide bonds. The van der Waals surface area contributed by atoms with Gasteiger partial charge in [0.1, 0.15) is 0 Å². The van der Waals surface area contributed by atoms with Gasteiger partial charge < -0.3 is 20.7 Å². The zero-order valence-corrected chi connectivity index (χ0v) is 10.7. The van der Waals surface area contributed by atoms with Gasteiger partial charge in [0, 0.05) is 0 Å². The van der Waals surface area contributed by atoms with Crippen LogP contribution in [0.25, 0.3) is 0 Å². The van der Waals surface area contributed by atoms with Crippen LogP contribution < -0.4 is 11.1 Å². The lowest BCUT2D eigenvalue weighted by atomic mass is 10.1. The third-order valence-electron chi connectivity index (χ3n) is 2.21. The molecule has 0 aliphatic heterocycles. The molecule has 18 heavy (non-hydrogen) atoms. The molecule has 0 unspecified atom stereocenters. The van der Waals surface area contributed by atoms with Crippen molar-refractivity contribution in [2.75, 3.05) is 38.8 Å². The van der Waals surface area contributed by atoms with Crippen LogP contribution in [0.3, 0.4) is 0 Å². The van der Waals surface area contributed by atoms with Crippen molar-refractivity contribution in [3.8, 4) is 0 Å². The largest absolute Gasteiger partial charge is 0.465 e. The fourth-order valence-electron chi connectivity index (χ4n) is 1.39. The Bertz CT molecular complexity index is 458. The van der Waals surface area contributed by atoms with E-state index in [1.165, 1.54) is 13.2 Å². The van der Waals surface area contributed by atoms with Crippen molar-refractivity contribution >= 4 is 23.3 Å². The minimum atomic E-state index is -0.474. The van der Waals surface area contributed by atoms with E-state index in [1.54, 1.807) is 31.1 Å². The summed E-state index contributed by atoms with van der Waals surface area (Å²) in [7, 11) is 4.87. The van der Waals surface area contributed by atoms with Crippen LogP contribution in [0.1, 0.15) is 10.4 Å². The number of anilines is 2. The minimum absolute atomic E-state index is 0.200. The summed E-state index contributed by atoms with van der Waals surface area (Å²) < 4.78 is 4.60. The van der Waals surface area contributed by atoms with E-state index in [1.807, 2.05) is 0 Å². The molecule has 1 aromatic carbocycles. The summed E-state index contributed by atoms with van der Waals surface area (Å²) in [5.41, 5.74) is 6.87. The van der Waals surface area contributed by atoms with Crippen molar-refractivity contribution in [3.05, 3.63) is 23.8 Å². The van der Waals surface area contributed by atoms with E-state index < -0.39 is 5.97 Å². The van der Waals surface area contributed by atoms with E-state index in [0.29, 0.717) is 16.9 Å². The lowest BCUT2D eigenvalue weighted by molar-refractivity contribution is -0.116. The standard InChI is InChI=1S/C12H17N3O3/c1-15(2)7-11(16)14-10-6-8(12(17)18-3)4-5-9(10)13/h4-6H,7,13H2,1-3H3,(H,14,16). The molecule has 6 nitrogen and oxygen atoms in total. The van der Waals surface area contributed by atoms with Crippen molar-refractivity contribution in [1.29, 1.82) is 0 Å². The lowest BCUT2D eigenvalue weighted by Gasteiger charge is -2.12. The number of carbonyl (C=O) groups is 2. The Balaban J connectivity index is 2.87. The maximum absolute atomic E-state index is 11.6. The van der Waals surface area contributed by atoms with Gasteiger partial charge in [-0.2, -0.15) is 0 Å². The molecule has 98 valence electrons. The number of ether oxygens (including phenoxy) is 1. The van der Waals surface area contributed by atoms with E-state index in [9.17, 15) is 9.59 Å². The van der Waals surface area contributed by atoms with Gasteiger partial charge in [0.2, 0.25) is 5.91 Å². The summed E-state index contributed by atoms with van der Waals surface area (Å²) in [6.45, 7) is 0.238. The number of nitrogens with zero attached hydrogens (tertiary/aromatic N) is 1. The maximum Gasteiger partial charge on any atom is 0.337 e. The number of rotatable bonds is 4. The van der Waals surface area contributed by atoms with Crippen molar-refractivity contribution in [2.45, 2.75) is 0 Å². The van der Waals surface area contributed by atoms with Crippen molar-refractivity contribution in [3.63, 3.8) is 0 Å². The summed E-state index contributed by atoms with van der Waals surface area (Å²) in [4.78, 5) is 24.7. The molecule has 6 heteroatoms. The van der Waals surface area contributed by atoms with Gasteiger partial charge in [0.25, 0.3) is 0 Å². The summed E-state index contributed by atoms with van der Waals surface area (Å²) >= 11 is 0. The van der Waals surface area contributed by atoms with E-state index in [0.717, 1.165) is 0 Å². The normalized spacial score (nSPS) is 10.2. The van der Waals surface area contributed by atoms with Crippen LogP contribution in [0.4, 0.5) is 11.4 Å². The van der Waals surface area contributed by atoms with Gasteiger partial charge in [-0.25, -0.2) is 4.79 Å². The first-order chi connectivity index (χ1) is 8.43. The second-order valence-corrected chi connectivity index (χ2v) is 4.08. The molecule has 0 saturated heterocycles. The topological polar surface area (TPSA) is 84.7 Å². The first-order valence-corrected chi connectivity index (χ1v) is 5.36. The highest BCUT2D eigenvalue weighted by atomic mass is 16.5. The highest BCUT2D eigenvalue weighted by molar-refractivity contribution is 5.98. The monoisotopic (exact) mass is 251 g/mol. The molecule has 0 spiro atoms. The molecule has 1 rings (SSSR count). The SMILES string of the molecule is COC(=O)c1ccc(N)c(NC(=O)CN(C)C)c1. The Morgan fingerprint density at radius 2 is 2.06 bits per heavy atom. The predicted octanol–water partition coefficient (Wildman–Crippen LogP) is 0.555. The van der Waals surface area contributed by atoms with Crippen molar-refractivity contribution in [2.24, 2.45) is 0 Å². The third-order valence-corrected chi connectivity index (χ3v) is 2.21.